The lowest BCUT2D eigenvalue weighted by Crippen LogP contribution is -2.13. The van der Waals surface area contributed by atoms with Gasteiger partial charge in [-0.15, -0.1) is 0 Å². The van der Waals surface area contributed by atoms with Crippen molar-refractivity contribution in [2.45, 2.75) is 6.04 Å². The first-order valence-corrected chi connectivity index (χ1v) is 4.63. The monoisotopic (exact) mass is 247 g/mol. The number of halogens is 2. The van der Waals surface area contributed by atoms with E-state index >= 15 is 0 Å². The first kappa shape index (κ1) is 10.5. The summed E-state index contributed by atoms with van der Waals surface area (Å²) in [4.78, 5) is 0. The maximum Gasteiger partial charge on any atom is 0.123 e. The number of alkyl halides is 1. The van der Waals surface area contributed by atoms with E-state index in [1.54, 1.807) is 12.1 Å². The number of hydrogen-bond acceptors (Lipinski definition) is 2. The molecule has 0 heterocycles. The molecule has 0 spiro atoms. The van der Waals surface area contributed by atoms with Crippen LogP contribution in [0.15, 0.2) is 22.7 Å². The average molecular weight is 248 g/mol. The van der Waals surface area contributed by atoms with Gasteiger partial charge in [0.25, 0.3) is 0 Å². The van der Waals surface area contributed by atoms with Crippen molar-refractivity contribution in [3.8, 4) is 5.75 Å². The first-order chi connectivity index (χ1) is 6.19. The Labute approximate surface area is 85.0 Å². The Morgan fingerprint density at radius 1 is 1.62 bits per heavy atom. The van der Waals surface area contributed by atoms with Gasteiger partial charge in [0.2, 0.25) is 0 Å². The van der Waals surface area contributed by atoms with Gasteiger partial charge in [0.05, 0.1) is 13.2 Å². The molecular weight excluding hydrogens is 237 g/mol. The second kappa shape index (κ2) is 4.58. The molecule has 0 bridgehead atoms. The molecule has 0 amide bonds. The predicted molar refractivity (Wildman–Crippen MR) is 53.6 cm³/mol. The number of ether oxygens (including phenoxy) is 1. The van der Waals surface area contributed by atoms with Crippen molar-refractivity contribution in [1.29, 1.82) is 0 Å². The minimum Gasteiger partial charge on any atom is -0.496 e. The zero-order chi connectivity index (χ0) is 9.84. The van der Waals surface area contributed by atoms with Crippen LogP contribution in [-0.2, 0) is 0 Å². The molecule has 0 radical (unpaired) electrons. The zero-order valence-corrected chi connectivity index (χ0v) is 8.84. The van der Waals surface area contributed by atoms with Crippen LogP contribution in [0.5, 0.6) is 5.75 Å². The van der Waals surface area contributed by atoms with E-state index in [2.05, 4.69) is 15.9 Å². The van der Waals surface area contributed by atoms with Gasteiger partial charge in [0.15, 0.2) is 0 Å². The third-order valence-electron chi connectivity index (χ3n) is 1.76. The Kier molecular flexibility index (Phi) is 3.69. The van der Waals surface area contributed by atoms with Crippen molar-refractivity contribution in [3.05, 3.63) is 28.2 Å². The molecule has 2 nitrogen and oxygen atoms in total. The van der Waals surface area contributed by atoms with Crippen LogP contribution in [0.1, 0.15) is 11.6 Å². The van der Waals surface area contributed by atoms with E-state index < -0.39 is 12.7 Å². The molecule has 1 aromatic rings. The SMILES string of the molecule is COc1ccc(Br)cc1[C@H](N)CF. The summed E-state index contributed by atoms with van der Waals surface area (Å²) in [5.74, 6) is 0.619. The Balaban J connectivity index is 3.07. The molecule has 1 aromatic carbocycles. The fraction of sp³-hybridized carbons (Fsp3) is 0.333. The lowest BCUT2D eigenvalue weighted by Gasteiger charge is -2.12. The van der Waals surface area contributed by atoms with E-state index in [-0.39, 0.29) is 0 Å². The summed E-state index contributed by atoms with van der Waals surface area (Å²) in [5, 5.41) is 0. The number of nitrogens with two attached hydrogens (primary N) is 1. The summed E-state index contributed by atoms with van der Waals surface area (Å²) in [6.07, 6.45) is 0. The number of rotatable bonds is 3. The summed E-state index contributed by atoms with van der Waals surface area (Å²) in [5.41, 5.74) is 6.24. The summed E-state index contributed by atoms with van der Waals surface area (Å²) in [6.45, 7) is -0.590. The van der Waals surface area contributed by atoms with Crippen molar-refractivity contribution in [1.82, 2.24) is 0 Å². The van der Waals surface area contributed by atoms with E-state index in [0.29, 0.717) is 11.3 Å². The average Bonchev–Trinajstić information content (AvgIpc) is 2.16. The van der Waals surface area contributed by atoms with Crippen LogP contribution in [0.2, 0.25) is 0 Å². The maximum absolute atomic E-state index is 12.3. The summed E-state index contributed by atoms with van der Waals surface area (Å²) < 4.78 is 18.2. The molecule has 0 aliphatic carbocycles. The van der Waals surface area contributed by atoms with Crippen molar-refractivity contribution < 1.29 is 9.13 Å². The van der Waals surface area contributed by atoms with Gasteiger partial charge in [-0.05, 0) is 18.2 Å². The molecule has 0 fully saturated rings. The molecule has 0 unspecified atom stereocenters. The largest absolute Gasteiger partial charge is 0.496 e. The van der Waals surface area contributed by atoms with Crippen molar-refractivity contribution in [3.63, 3.8) is 0 Å². The number of benzene rings is 1. The predicted octanol–water partition coefficient (Wildman–Crippen LogP) is 2.43. The van der Waals surface area contributed by atoms with Gasteiger partial charge in [-0.3, -0.25) is 0 Å². The Bertz CT molecular complexity index is 293. The van der Waals surface area contributed by atoms with Crippen molar-refractivity contribution in [2.75, 3.05) is 13.8 Å². The van der Waals surface area contributed by atoms with Gasteiger partial charge in [0.1, 0.15) is 12.4 Å². The van der Waals surface area contributed by atoms with E-state index in [1.165, 1.54) is 7.11 Å². The maximum atomic E-state index is 12.3. The van der Waals surface area contributed by atoms with Crippen LogP contribution >= 0.6 is 15.9 Å². The molecular formula is C9H11BrFNO. The highest BCUT2D eigenvalue weighted by molar-refractivity contribution is 9.10. The summed E-state index contributed by atoms with van der Waals surface area (Å²) in [7, 11) is 1.54. The van der Waals surface area contributed by atoms with Gasteiger partial charge in [-0.2, -0.15) is 0 Å². The van der Waals surface area contributed by atoms with Crippen LogP contribution in [0, 0.1) is 0 Å². The minimum atomic E-state index is -0.618. The first-order valence-electron chi connectivity index (χ1n) is 3.84. The Morgan fingerprint density at radius 2 is 2.31 bits per heavy atom. The molecule has 1 rings (SSSR count). The van der Waals surface area contributed by atoms with Gasteiger partial charge in [0, 0.05) is 10.0 Å². The molecule has 72 valence electrons. The lowest BCUT2D eigenvalue weighted by molar-refractivity contribution is 0.389. The highest BCUT2D eigenvalue weighted by Gasteiger charge is 2.11. The van der Waals surface area contributed by atoms with Crippen LogP contribution in [0.4, 0.5) is 4.39 Å². The third kappa shape index (κ3) is 2.42. The van der Waals surface area contributed by atoms with E-state index in [9.17, 15) is 4.39 Å². The molecule has 0 aliphatic heterocycles. The Morgan fingerprint density at radius 3 is 2.85 bits per heavy atom. The molecule has 0 saturated carbocycles. The van der Waals surface area contributed by atoms with Gasteiger partial charge in [-0.25, -0.2) is 4.39 Å². The van der Waals surface area contributed by atoms with Crippen molar-refractivity contribution >= 4 is 15.9 Å². The van der Waals surface area contributed by atoms with E-state index in [0.717, 1.165) is 4.47 Å². The van der Waals surface area contributed by atoms with Crippen LogP contribution < -0.4 is 10.5 Å². The standard InChI is InChI=1S/C9H11BrFNO/c1-13-9-3-2-6(10)4-7(9)8(12)5-11/h2-4,8H,5,12H2,1H3/t8-/m1/s1. The Hall–Kier alpha value is -0.610. The number of hydrogen-bond donors (Lipinski definition) is 1. The fourth-order valence-corrected chi connectivity index (χ4v) is 1.46. The molecule has 0 aliphatic rings. The smallest absolute Gasteiger partial charge is 0.123 e. The molecule has 13 heavy (non-hydrogen) atoms. The van der Waals surface area contributed by atoms with Crippen LogP contribution in [0.3, 0.4) is 0 Å². The minimum absolute atomic E-state index is 0.590. The van der Waals surface area contributed by atoms with E-state index in [4.69, 9.17) is 10.5 Å². The highest BCUT2D eigenvalue weighted by atomic mass is 79.9. The molecule has 0 aromatic heterocycles. The van der Waals surface area contributed by atoms with E-state index in [1.807, 2.05) is 6.07 Å². The van der Waals surface area contributed by atoms with Crippen LogP contribution in [0.25, 0.3) is 0 Å². The summed E-state index contributed by atoms with van der Waals surface area (Å²) in [6, 6.07) is 4.73. The fourth-order valence-electron chi connectivity index (χ4n) is 1.08. The third-order valence-corrected chi connectivity index (χ3v) is 2.25. The summed E-state index contributed by atoms with van der Waals surface area (Å²) >= 11 is 3.29. The highest BCUT2D eigenvalue weighted by Crippen LogP contribution is 2.27. The van der Waals surface area contributed by atoms with Gasteiger partial charge < -0.3 is 10.5 Å². The molecule has 1 atom stereocenters. The molecule has 2 N–H and O–H groups in total. The van der Waals surface area contributed by atoms with Gasteiger partial charge >= 0.3 is 0 Å². The number of methoxy groups -OCH3 is 1. The lowest BCUT2D eigenvalue weighted by atomic mass is 10.1. The second-order valence-corrected chi connectivity index (χ2v) is 3.56. The van der Waals surface area contributed by atoms with Crippen LogP contribution in [-0.4, -0.2) is 13.8 Å². The molecule has 0 saturated heterocycles. The zero-order valence-electron chi connectivity index (χ0n) is 7.26. The quantitative estimate of drug-likeness (QED) is 0.891. The second-order valence-electron chi connectivity index (χ2n) is 2.65. The van der Waals surface area contributed by atoms with Crippen molar-refractivity contribution in [2.24, 2.45) is 5.73 Å². The normalized spacial score (nSPS) is 12.6. The van der Waals surface area contributed by atoms with Gasteiger partial charge in [-0.1, -0.05) is 15.9 Å². The molecule has 4 heteroatoms. The topological polar surface area (TPSA) is 35.2 Å².